The maximum atomic E-state index is 10.6. The van der Waals surface area contributed by atoms with Gasteiger partial charge in [0.2, 0.25) is 0 Å². The van der Waals surface area contributed by atoms with Gasteiger partial charge in [-0.05, 0) is 43.1 Å². The van der Waals surface area contributed by atoms with Crippen LogP contribution in [0, 0.1) is 0 Å². The van der Waals surface area contributed by atoms with Gasteiger partial charge in [-0.1, -0.05) is 30.3 Å². The number of aromatic nitrogens is 2. The lowest BCUT2D eigenvalue weighted by Crippen LogP contribution is -2.21. The van der Waals surface area contributed by atoms with Gasteiger partial charge in [-0.3, -0.25) is 10.00 Å². The molecule has 2 N–H and O–H groups in total. The number of carbonyl (C=O) groups is 1. The van der Waals surface area contributed by atoms with Crippen LogP contribution in [0.1, 0.15) is 24.0 Å². The Morgan fingerprint density at radius 2 is 1.84 bits per heavy atom. The van der Waals surface area contributed by atoms with Crippen molar-refractivity contribution < 1.29 is 23.1 Å². The van der Waals surface area contributed by atoms with Crippen LogP contribution in [0.5, 0.6) is 0 Å². The van der Waals surface area contributed by atoms with Crippen LogP contribution in [0.4, 0.5) is 18.9 Å². The molecule has 166 valence electrons. The number of alkyl halides is 3. The maximum Gasteiger partial charge on any atom is 0.490 e. The molecule has 0 bridgehead atoms. The Labute approximate surface area is 178 Å². The van der Waals surface area contributed by atoms with Crippen molar-refractivity contribution in [2.45, 2.75) is 32.1 Å². The number of hydrogen-bond donors (Lipinski definition) is 2. The van der Waals surface area contributed by atoms with E-state index in [4.69, 9.17) is 9.90 Å². The second-order valence-corrected chi connectivity index (χ2v) is 7.59. The maximum absolute atomic E-state index is 10.6. The summed E-state index contributed by atoms with van der Waals surface area (Å²) in [4.78, 5) is 13.8. The fourth-order valence-corrected chi connectivity index (χ4v) is 3.65. The molecule has 0 amide bonds. The summed E-state index contributed by atoms with van der Waals surface area (Å²) in [5.41, 5.74) is 5.19. The highest BCUT2D eigenvalue weighted by Crippen LogP contribution is 2.23. The molecule has 31 heavy (non-hydrogen) atoms. The molecule has 1 aromatic heterocycles. The number of carboxylic acid groups (broad SMARTS) is 1. The van der Waals surface area contributed by atoms with Gasteiger partial charge in [-0.25, -0.2) is 4.79 Å². The molecule has 0 aliphatic carbocycles. The first-order valence-electron chi connectivity index (χ1n) is 9.97. The quantitative estimate of drug-likeness (QED) is 0.622. The number of halogens is 3. The highest BCUT2D eigenvalue weighted by atomic mass is 19.4. The number of nitrogens with one attached hydrogen (secondary N) is 1. The zero-order valence-corrected chi connectivity index (χ0v) is 17.2. The molecule has 1 fully saturated rings. The number of hydrogen-bond acceptors (Lipinski definition) is 4. The van der Waals surface area contributed by atoms with Crippen LogP contribution in [-0.4, -0.2) is 52.5 Å². The Bertz CT molecular complexity index is 1010. The number of H-pyrrole nitrogens is 1. The van der Waals surface area contributed by atoms with Gasteiger partial charge in [0, 0.05) is 37.3 Å². The summed E-state index contributed by atoms with van der Waals surface area (Å²) in [6, 6.07) is 15.4. The third-order valence-electron chi connectivity index (χ3n) is 5.08. The van der Waals surface area contributed by atoms with E-state index in [0.29, 0.717) is 0 Å². The lowest BCUT2D eigenvalue weighted by molar-refractivity contribution is -0.192. The Morgan fingerprint density at radius 1 is 1.16 bits per heavy atom. The molecule has 0 radical (unpaired) electrons. The number of aromatic amines is 1. The fourth-order valence-electron chi connectivity index (χ4n) is 3.65. The predicted octanol–water partition coefficient (Wildman–Crippen LogP) is 4.43. The van der Waals surface area contributed by atoms with Crippen LogP contribution in [0.25, 0.3) is 10.9 Å². The molecule has 1 saturated heterocycles. The van der Waals surface area contributed by atoms with Crippen molar-refractivity contribution in [3.05, 3.63) is 59.8 Å². The summed E-state index contributed by atoms with van der Waals surface area (Å²) in [6.07, 6.45) is -0.561. The average Bonchev–Trinajstić information content (AvgIpc) is 3.40. The smallest absolute Gasteiger partial charge is 0.475 e. The molecule has 0 spiro atoms. The van der Waals surface area contributed by atoms with Gasteiger partial charge in [-0.2, -0.15) is 18.3 Å². The molecule has 2 heterocycles. The van der Waals surface area contributed by atoms with Gasteiger partial charge < -0.3 is 10.0 Å². The molecule has 9 heteroatoms. The van der Waals surface area contributed by atoms with Crippen molar-refractivity contribution in [1.29, 1.82) is 0 Å². The lowest BCUT2D eigenvalue weighted by Gasteiger charge is -2.21. The number of para-hydroxylation sites is 1. The summed E-state index contributed by atoms with van der Waals surface area (Å²) < 4.78 is 31.7. The Morgan fingerprint density at radius 3 is 2.52 bits per heavy atom. The number of benzene rings is 2. The van der Waals surface area contributed by atoms with Crippen molar-refractivity contribution in [3.8, 4) is 0 Å². The molecule has 2 aromatic carbocycles. The Kier molecular flexibility index (Phi) is 7.17. The van der Waals surface area contributed by atoms with Crippen LogP contribution < -0.4 is 4.90 Å². The summed E-state index contributed by atoms with van der Waals surface area (Å²) >= 11 is 0. The summed E-state index contributed by atoms with van der Waals surface area (Å²) in [6.45, 7) is 4.25. The highest BCUT2D eigenvalue weighted by molar-refractivity contribution is 5.81. The number of nitrogens with zero attached hydrogens (tertiary/aromatic N) is 3. The molecule has 1 aliphatic rings. The Hall–Kier alpha value is -3.07. The van der Waals surface area contributed by atoms with Gasteiger partial charge >= 0.3 is 12.1 Å². The fraction of sp³-hybridized carbons (Fsp3) is 0.364. The molecule has 0 atom stereocenters. The van der Waals surface area contributed by atoms with Gasteiger partial charge in [0.15, 0.2) is 0 Å². The minimum absolute atomic E-state index is 0.910. The van der Waals surface area contributed by atoms with Crippen LogP contribution in [0.3, 0.4) is 0 Å². The van der Waals surface area contributed by atoms with Gasteiger partial charge in [0.25, 0.3) is 0 Å². The Balaban J connectivity index is 0.000000339. The first-order valence-corrected chi connectivity index (χ1v) is 9.97. The van der Waals surface area contributed by atoms with E-state index < -0.39 is 12.1 Å². The average molecular weight is 434 g/mol. The largest absolute Gasteiger partial charge is 0.490 e. The van der Waals surface area contributed by atoms with E-state index in [1.807, 2.05) is 6.20 Å². The first kappa shape index (κ1) is 22.6. The van der Waals surface area contributed by atoms with Crippen molar-refractivity contribution >= 4 is 22.6 Å². The van der Waals surface area contributed by atoms with Crippen molar-refractivity contribution in [2.24, 2.45) is 0 Å². The van der Waals surface area contributed by atoms with E-state index in [1.165, 1.54) is 48.1 Å². The number of aliphatic carboxylic acids is 1. The third kappa shape index (κ3) is 6.21. The minimum Gasteiger partial charge on any atom is -0.475 e. The number of fused-ring (bicyclic) bond motifs is 1. The molecule has 0 unspecified atom stereocenters. The zero-order valence-electron chi connectivity index (χ0n) is 17.2. The van der Waals surface area contributed by atoms with E-state index >= 15 is 0 Å². The lowest BCUT2D eigenvalue weighted by atomic mass is 10.1. The van der Waals surface area contributed by atoms with E-state index in [9.17, 15) is 13.2 Å². The number of anilines is 1. The van der Waals surface area contributed by atoms with Crippen LogP contribution in [0.2, 0.25) is 0 Å². The van der Waals surface area contributed by atoms with Gasteiger partial charge in [-0.15, -0.1) is 0 Å². The standard InChI is InChI=1S/C20H24N4.C2HF3O2/c1-23(15-18-8-5-7-17-13-21-22-20(17)18)14-16-6-4-9-19(12-16)24-10-2-3-11-24;3-2(4,5)1(6)7/h4-9,12-13H,2-3,10-11,14-15H2,1H3,(H,21,22);(H,6,7). The molecule has 3 aromatic rings. The van der Waals surface area contributed by atoms with Crippen LogP contribution in [-0.2, 0) is 17.9 Å². The van der Waals surface area contributed by atoms with E-state index in [2.05, 4.69) is 69.5 Å². The van der Waals surface area contributed by atoms with Crippen LogP contribution in [0.15, 0.2) is 48.7 Å². The SMILES string of the molecule is CN(Cc1cccc(N2CCCC2)c1)Cc1cccc2cn[nH]c12.O=C(O)C(F)(F)F. The van der Waals surface area contributed by atoms with E-state index in [-0.39, 0.29) is 0 Å². The second-order valence-electron chi connectivity index (χ2n) is 7.59. The van der Waals surface area contributed by atoms with Crippen molar-refractivity contribution in [3.63, 3.8) is 0 Å². The summed E-state index contributed by atoms with van der Waals surface area (Å²) in [7, 11) is 2.18. The minimum atomic E-state index is -5.08. The summed E-state index contributed by atoms with van der Waals surface area (Å²) in [5, 5.41) is 15.6. The second kappa shape index (κ2) is 9.82. The summed E-state index contributed by atoms with van der Waals surface area (Å²) in [5.74, 6) is -2.76. The van der Waals surface area contributed by atoms with Crippen LogP contribution >= 0.6 is 0 Å². The topological polar surface area (TPSA) is 72.5 Å². The molecule has 0 saturated carbocycles. The molecule has 6 nitrogen and oxygen atoms in total. The molecule has 4 rings (SSSR count). The third-order valence-corrected chi connectivity index (χ3v) is 5.08. The van der Waals surface area contributed by atoms with Gasteiger partial charge in [0.05, 0.1) is 11.7 Å². The first-order chi connectivity index (χ1) is 14.7. The highest BCUT2D eigenvalue weighted by Gasteiger charge is 2.38. The van der Waals surface area contributed by atoms with Crippen molar-refractivity contribution in [1.82, 2.24) is 15.1 Å². The molecular weight excluding hydrogens is 409 g/mol. The monoisotopic (exact) mass is 434 g/mol. The van der Waals surface area contributed by atoms with E-state index in [1.54, 1.807) is 0 Å². The zero-order chi connectivity index (χ0) is 22.4. The molecule has 1 aliphatic heterocycles. The molecular formula is C22H25F3N4O2. The van der Waals surface area contributed by atoms with Crippen molar-refractivity contribution in [2.75, 3.05) is 25.0 Å². The predicted molar refractivity (Wildman–Crippen MR) is 113 cm³/mol. The van der Waals surface area contributed by atoms with Gasteiger partial charge in [0.1, 0.15) is 0 Å². The number of rotatable bonds is 5. The normalized spacial score (nSPS) is 14.0. The number of carboxylic acids is 1. The van der Waals surface area contributed by atoms with E-state index in [0.717, 1.165) is 18.6 Å².